The van der Waals surface area contributed by atoms with Crippen LogP contribution in [0.25, 0.3) is 21.6 Å². The number of halogens is 1. The van der Waals surface area contributed by atoms with Crippen molar-refractivity contribution in [1.29, 1.82) is 0 Å². The maximum atomic E-state index is 14.4. The van der Waals surface area contributed by atoms with Gasteiger partial charge in [0.2, 0.25) is 5.91 Å². The maximum absolute atomic E-state index is 14.4. The predicted molar refractivity (Wildman–Crippen MR) is 128 cm³/mol. The van der Waals surface area contributed by atoms with Crippen LogP contribution in [0.15, 0.2) is 36.0 Å². The van der Waals surface area contributed by atoms with Gasteiger partial charge in [-0.2, -0.15) is 0 Å². The van der Waals surface area contributed by atoms with E-state index in [4.69, 9.17) is 0 Å². The van der Waals surface area contributed by atoms with Gasteiger partial charge in [0.25, 0.3) is 5.91 Å². The molecule has 0 bridgehead atoms. The summed E-state index contributed by atoms with van der Waals surface area (Å²) < 4.78 is 14.4. The topological polar surface area (TPSA) is 112 Å². The van der Waals surface area contributed by atoms with E-state index in [0.717, 1.165) is 21.6 Å². The first-order valence-electron chi connectivity index (χ1n) is 11.0. The minimum Gasteiger partial charge on any atom is -0.355 e. The number of benzene rings is 1. The lowest BCUT2D eigenvalue weighted by Crippen LogP contribution is -2.55. The zero-order valence-corrected chi connectivity index (χ0v) is 19.1. The van der Waals surface area contributed by atoms with Crippen LogP contribution in [0.2, 0.25) is 0 Å². The van der Waals surface area contributed by atoms with Crippen molar-refractivity contribution in [1.82, 2.24) is 25.6 Å². The van der Waals surface area contributed by atoms with Gasteiger partial charge in [-0.05, 0) is 31.5 Å². The molecule has 1 fully saturated rings. The summed E-state index contributed by atoms with van der Waals surface area (Å²) >= 11 is 1.43. The molecule has 1 aromatic carbocycles. The van der Waals surface area contributed by atoms with Crippen molar-refractivity contribution in [2.24, 2.45) is 0 Å². The van der Waals surface area contributed by atoms with E-state index in [1.165, 1.54) is 17.4 Å². The molecule has 0 saturated carbocycles. The molecule has 5 heterocycles. The van der Waals surface area contributed by atoms with Gasteiger partial charge < -0.3 is 20.9 Å². The van der Waals surface area contributed by atoms with Crippen molar-refractivity contribution in [3.8, 4) is 11.3 Å². The minimum absolute atomic E-state index is 0.00269. The Bertz CT molecular complexity index is 1470. The normalized spacial score (nSPS) is 19.7. The number of carbonyl (C=O) groups is 2. The number of rotatable bonds is 3. The lowest BCUT2D eigenvalue weighted by Gasteiger charge is -2.40. The highest BCUT2D eigenvalue weighted by Gasteiger charge is 2.45. The van der Waals surface area contributed by atoms with Crippen LogP contribution in [0.5, 0.6) is 0 Å². The van der Waals surface area contributed by atoms with Gasteiger partial charge in [0, 0.05) is 53.6 Å². The monoisotopic (exact) mass is 476 g/mol. The van der Waals surface area contributed by atoms with Crippen LogP contribution in [0.3, 0.4) is 0 Å². The first-order valence-corrected chi connectivity index (χ1v) is 11.9. The summed E-state index contributed by atoms with van der Waals surface area (Å²) in [5, 5.41) is 9.31. The molecule has 1 atom stereocenters. The molecule has 2 amide bonds. The summed E-state index contributed by atoms with van der Waals surface area (Å²) in [7, 11) is 0. The molecule has 4 aromatic rings. The number of nitrogens with zero attached hydrogens (tertiary/aromatic N) is 2. The number of hydrogen-bond acceptors (Lipinski definition) is 6. The van der Waals surface area contributed by atoms with Gasteiger partial charge >= 0.3 is 0 Å². The molecule has 1 saturated heterocycles. The lowest BCUT2D eigenvalue weighted by molar-refractivity contribution is -0.123. The second-order valence-electron chi connectivity index (χ2n) is 8.77. The second kappa shape index (κ2) is 7.63. The number of anilines is 2. The van der Waals surface area contributed by atoms with E-state index in [1.54, 1.807) is 30.8 Å². The van der Waals surface area contributed by atoms with Gasteiger partial charge in [-0.25, -0.2) is 14.4 Å². The third kappa shape index (κ3) is 3.09. The van der Waals surface area contributed by atoms with Crippen LogP contribution < -0.4 is 16.0 Å². The van der Waals surface area contributed by atoms with Crippen LogP contribution >= 0.6 is 11.3 Å². The number of amides is 2. The number of aromatic nitrogens is 3. The number of nitrogens with one attached hydrogen (secondary N) is 4. The molecular formula is C24H21FN6O2S. The van der Waals surface area contributed by atoms with Crippen molar-refractivity contribution >= 4 is 44.9 Å². The van der Waals surface area contributed by atoms with Crippen LogP contribution in [-0.2, 0) is 10.2 Å². The third-order valence-corrected chi connectivity index (χ3v) is 7.57. The first kappa shape index (κ1) is 20.8. The van der Waals surface area contributed by atoms with E-state index in [-0.39, 0.29) is 17.6 Å². The molecule has 10 heteroatoms. The fourth-order valence-electron chi connectivity index (χ4n) is 4.89. The number of H-pyrrole nitrogens is 1. The molecule has 8 nitrogen and oxygen atoms in total. The second-order valence-corrected chi connectivity index (χ2v) is 9.60. The quantitative estimate of drug-likeness (QED) is 0.360. The third-order valence-electron chi connectivity index (χ3n) is 6.83. The molecule has 4 N–H and O–H groups in total. The Balaban J connectivity index is 1.61. The largest absolute Gasteiger partial charge is 0.355 e. The molecule has 3 aromatic heterocycles. The summed E-state index contributed by atoms with van der Waals surface area (Å²) in [6, 6.07) is 6.68. The Morgan fingerprint density at radius 2 is 2.00 bits per heavy atom. The number of piperidine rings is 1. The highest BCUT2D eigenvalue weighted by atomic mass is 32.1. The van der Waals surface area contributed by atoms with Crippen LogP contribution in [0.4, 0.5) is 15.8 Å². The fraction of sp³-hybridized carbons (Fsp3) is 0.250. The van der Waals surface area contributed by atoms with E-state index < -0.39 is 5.41 Å². The minimum atomic E-state index is -0.461. The van der Waals surface area contributed by atoms with Gasteiger partial charge in [-0.15, -0.1) is 11.3 Å². The highest BCUT2D eigenvalue weighted by Crippen LogP contribution is 2.45. The summed E-state index contributed by atoms with van der Waals surface area (Å²) in [4.78, 5) is 38.4. The SMILES string of the molecule is Cc1c(F)cccc1Nc1c(-c2ccnc3scnc23)[nH]c2c1C(=O)NC[C@]21CCC(=O)NC1. The molecule has 2 aliphatic heterocycles. The summed E-state index contributed by atoms with van der Waals surface area (Å²) in [5.41, 5.74) is 6.28. The molecule has 2 aliphatic rings. The summed E-state index contributed by atoms with van der Waals surface area (Å²) in [5.74, 6) is -0.555. The molecule has 0 aliphatic carbocycles. The smallest absolute Gasteiger partial charge is 0.255 e. The molecule has 34 heavy (non-hydrogen) atoms. The standard InChI is InChI=1S/C24H21FN6O2S/c1-12-14(25)3-2-4-15(12)30-20-17-21(24(10-28-22(17)33)7-5-16(32)27-9-24)31-18(20)13-6-8-26-23-19(13)29-11-34-23/h2-4,6,8,11,30-31H,5,7,9-10H2,1H3,(H,27,32)(H,28,33)/t24-/m1/s1. The van der Waals surface area contributed by atoms with Gasteiger partial charge in [-0.1, -0.05) is 6.07 Å². The zero-order chi connectivity index (χ0) is 23.4. The van der Waals surface area contributed by atoms with E-state index in [9.17, 15) is 14.0 Å². The molecule has 1 spiro atoms. The van der Waals surface area contributed by atoms with E-state index in [0.29, 0.717) is 54.1 Å². The summed E-state index contributed by atoms with van der Waals surface area (Å²) in [6.45, 7) is 2.53. The predicted octanol–water partition coefficient (Wildman–Crippen LogP) is 3.77. The number of aromatic amines is 1. The Kier molecular flexibility index (Phi) is 4.66. The summed E-state index contributed by atoms with van der Waals surface area (Å²) in [6.07, 6.45) is 2.69. The van der Waals surface area contributed by atoms with Crippen molar-refractivity contribution in [2.75, 3.05) is 18.4 Å². The Labute approximate surface area is 198 Å². The Morgan fingerprint density at radius 3 is 2.82 bits per heavy atom. The first-order chi connectivity index (χ1) is 16.5. The molecule has 6 rings (SSSR count). The average Bonchev–Trinajstić information content (AvgIpc) is 3.47. The highest BCUT2D eigenvalue weighted by molar-refractivity contribution is 7.16. The molecule has 0 unspecified atom stereocenters. The molecule has 172 valence electrons. The number of hydrogen-bond donors (Lipinski definition) is 4. The number of thiazole rings is 1. The lowest BCUT2D eigenvalue weighted by atomic mass is 9.74. The maximum Gasteiger partial charge on any atom is 0.255 e. The molecular weight excluding hydrogens is 455 g/mol. The van der Waals surface area contributed by atoms with Gasteiger partial charge in [-0.3, -0.25) is 9.59 Å². The zero-order valence-electron chi connectivity index (χ0n) is 18.3. The van der Waals surface area contributed by atoms with Crippen molar-refractivity contribution in [3.63, 3.8) is 0 Å². The van der Waals surface area contributed by atoms with Crippen molar-refractivity contribution in [2.45, 2.75) is 25.2 Å². The van der Waals surface area contributed by atoms with Crippen LogP contribution in [0.1, 0.15) is 34.5 Å². The van der Waals surface area contributed by atoms with E-state index in [1.807, 2.05) is 6.07 Å². The number of carbonyl (C=O) groups excluding carboxylic acids is 2. The van der Waals surface area contributed by atoms with Gasteiger partial charge in [0.05, 0.1) is 22.5 Å². The Hall–Kier alpha value is -3.79. The Morgan fingerprint density at radius 1 is 1.15 bits per heavy atom. The van der Waals surface area contributed by atoms with Gasteiger partial charge in [0.15, 0.2) is 0 Å². The average molecular weight is 477 g/mol. The van der Waals surface area contributed by atoms with Crippen molar-refractivity contribution in [3.05, 3.63) is 58.6 Å². The van der Waals surface area contributed by atoms with Crippen molar-refractivity contribution < 1.29 is 14.0 Å². The number of pyridine rings is 1. The van der Waals surface area contributed by atoms with Crippen LogP contribution in [0, 0.1) is 12.7 Å². The van der Waals surface area contributed by atoms with E-state index >= 15 is 0 Å². The number of fused-ring (bicyclic) bond motifs is 3. The van der Waals surface area contributed by atoms with E-state index in [2.05, 4.69) is 30.9 Å². The molecule has 0 radical (unpaired) electrons. The fourth-order valence-corrected chi connectivity index (χ4v) is 5.55. The van der Waals surface area contributed by atoms with Gasteiger partial charge in [0.1, 0.15) is 16.2 Å². The van der Waals surface area contributed by atoms with Crippen LogP contribution in [-0.4, -0.2) is 39.9 Å².